The Bertz CT molecular complexity index is 816. The molecule has 3 atom stereocenters. The molecule has 3 unspecified atom stereocenters. The van der Waals surface area contributed by atoms with Gasteiger partial charge in [-0.05, 0) is 50.2 Å². The molecule has 1 saturated carbocycles. The Labute approximate surface area is 184 Å². The lowest BCUT2D eigenvalue weighted by molar-refractivity contribution is -0.192. The summed E-state index contributed by atoms with van der Waals surface area (Å²) in [5, 5.41) is 7.12. The number of carboxylic acids is 1. The molecule has 1 aromatic rings. The molecule has 1 N–H and O–H groups in total. The van der Waals surface area contributed by atoms with Gasteiger partial charge >= 0.3 is 12.1 Å². The zero-order chi connectivity index (χ0) is 23.1. The quantitative estimate of drug-likeness (QED) is 0.746. The van der Waals surface area contributed by atoms with Gasteiger partial charge in [0.05, 0.1) is 25.4 Å². The first-order valence-electron chi connectivity index (χ1n) is 10.7. The molecular weight excluding hydrogens is 429 g/mol. The van der Waals surface area contributed by atoms with Crippen molar-refractivity contribution >= 4 is 11.9 Å². The van der Waals surface area contributed by atoms with Crippen molar-refractivity contribution < 1.29 is 37.3 Å². The molecule has 2 fully saturated rings. The molecule has 0 aromatic carbocycles. The van der Waals surface area contributed by atoms with Crippen LogP contribution >= 0.6 is 0 Å². The van der Waals surface area contributed by atoms with Crippen molar-refractivity contribution in [1.82, 2.24) is 9.88 Å². The molecule has 1 amide bonds. The predicted octanol–water partition coefficient (Wildman–Crippen LogP) is 3.49. The third-order valence-electron chi connectivity index (χ3n) is 5.79. The summed E-state index contributed by atoms with van der Waals surface area (Å²) in [6, 6.07) is 4.06. The first kappa shape index (κ1) is 24.2. The van der Waals surface area contributed by atoms with Crippen LogP contribution in [0.3, 0.4) is 0 Å². The standard InChI is InChI=1S/C20H26N2O3.C2HF3O2/c23-20(16-6-2-1-3-7-16)22-11-12-24-18-9-8-17(22)19(18)25-14-15-5-4-10-21-13-15;3-2(4,5)1(6)7/h4-6,10,13,17-19H,1-3,7-9,11-12,14H2;(H,6,7). The number of allylic oxidation sites excluding steroid dienone is 1. The summed E-state index contributed by atoms with van der Waals surface area (Å²) in [5.74, 6) is -2.56. The Morgan fingerprint density at radius 2 is 2.06 bits per heavy atom. The van der Waals surface area contributed by atoms with E-state index in [1.807, 2.05) is 23.2 Å². The summed E-state index contributed by atoms with van der Waals surface area (Å²) in [4.78, 5) is 28.1. The van der Waals surface area contributed by atoms with Gasteiger partial charge in [-0.2, -0.15) is 13.2 Å². The lowest BCUT2D eigenvalue weighted by atomic mass is 9.97. The molecule has 7 nitrogen and oxygen atoms in total. The van der Waals surface area contributed by atoms with Gasteiger partial charge in [0.1, 0.15) is 6.10 Å². The highest BCUT2D eigenvalue weighted by molar-refractivity contribution is 5.93. The second-order valence-corrected chi connectivity index (χ2v) is 7.97. The highest BCUT2D eigenvalue weighted by Gasteiger charge is 2.45. The number of carboxylic acid groups (broad SMARTS) is 1. The number of ether oxygens (including phenoxy) is 2. The van der Waals surface area contributed by atoms with Gasteiger partial charge in [-0.1, -0.05) is 12.1 Å². The van der Waals surface area contributed by atoms with Crippen molar-refractivity contribution in [3.8, 4) is 0 Å². The summed E-state index contributed by atoms with van der Waals surface area (Å²) in [7, 11) is 0. The molecule has 0 spiro atoms. The third-order valence-corrected chi connectivity index (χ3v) is 5.79. The van der Waals surface area contributed by atoms with E-state index in [0.717, 1.165) is 43.2 Å². The lowest BCUT2D eigenvalue weighted by Gasteiger charge is -2.32. The molecule has 2 heterocycles. The summed E-state index contributed by atoms with van der Waals surface area (Å²) in [6.07, 6.45) is 6.87. The number of aromatic nitrogens is 1. The van der Waals surface area contributed by atoms with E-state index in [2.05, 4.69) is 11.1 Å². The van der Waals surface area contributed by atoms with Crippen LogP contribution in [0.25, 0.3) is 0 Å². The Kier molecular flexibility index (Phi) is 8.25. The van der Waals surface area contributed by atoms with Crippen LogP contribution in [0.2, 0.25) is 0 Å². The van der Waals surface area contributed by atoms with E-state index in [4.69, 9.17) is 19.4 Å². The Balaban J connectivity index is 0.000000360. The monoisotopic (exact) mass is 456 g/mol. The topological polar surface area (TPSA) is 89.0 Å². The van der Waals surface area contributed by atoms with E-state index >= 15 is 0 Å². The molecule has 4 rings (SSSR count). The number of nitrogens with zero attached hydrogens (tertiary/aromatic N) is 2. The minimum absolute atomic E-state index is 0.0455. The molecule has 0 radical (unpaired) electrons. The second-order valence-electron chi connectivity index (χ2n) is 7.97. The molecule has 176 valence electrons. The van der Waals surface area contributed by atoms with Gasteiger partial charge < -0.3 is 19.5 Å². The second kappa shape index (κ2) is 10.9. The molecule has 32 heavy (non-hydrogen) atoms. The van der Waals surface area contributed by atoms with Crippen molar-refractivity contribution in [2.75, 3.05) is 13.2 Å². The molecule has 1 aromatic heterocycles. The van der Waals surface area contributed by atoms with Gasteiger partial charge in [0, 0.05) is 24.5 Å². The Hall–Kier alpha value is -2.46. The Morgan fingerprint density at radius 3 is 2.69 bits per heavy atom. The van der Waals surface area contributed by atoms with Crippen molar-refractivity contribution in [2.45, 2.75) is 69.6 Å². The summed E-state index contributed by atoms with van der Waals surface area (Å²) in [6.45, 7) is 1.79. The van der Waals surface area contributed by atoms with Crippen LogP contribution in [0.15, 0.2) is 36.2 Å². The zero-order valence-corrected chi connectivity index (χ0v) is 17.6. The van der Waals surface area contributed by atoms with E-state index in [9.17, 15) is 18.0 Å². The van der Waals surface area contributed by atoms with Crippen molar-refractivity contribution in [1.29, 1.82) is 0 Å². The van der Waals surface area contributed by atoms with Gasteiger partial charge in [0.15, 0.2) is 0 Å². The molecule has 3 aliphatic rings. The normalized spacial score (nSPS) is 25.3. The first-order chi connectivity index (χ1) is 15.3. The number of halogens is 3. The molecular formula is C22H27F3N2O5. The largest absolute Gasteiger partial charge is 0.490 e. The number of hydrogen-bond donors (Lipinski definition) is 1. The van der Waals surface area contributed by atoms with E-state index in [1.54, 1.807) is 6.20 Å². The number of carbonyl (C=O) groups is 2. The summed E-state index contributed by atoms with van der Waals surface area (Å²) >= 11 is 0. The number of alkyl halides is 3. The van der Waals surface area contributed by atoms with Crippen molar-refractivity contribution in [2.24, 2.45) is 0 Å². The molecule has 2 aliphatic carbocycles. The lowest BCUT2D eigenvalue weighted by Crippen LogP contribution is -2.47. The number of rotatable bonds is 4. The third kappa shape index (κ3) is 6.29. The van der Waals surface area contributed by atoms with Gasteiger partial charge in [0.2, 0.25) is 5.91 Å². The number of hydrogen-bond acceptors (Lipinski definition) is 5. The number of amides is 1. The maximum Gasteiger partial charge on any atom is 0.490 e. The zero-order valence-electron chi connectivity index (χ0n) is 17.6. The van der Waals surface area contributed by atoms with Crippen LogP contribution in [0.1, 0.15) is 44.1 Å². The van der Waals surface area contributed by atoms with Crippen LogP contribution in [-0.2, 0) is 25.7 Å². The SMILES string of the molecule is O=C(C1=CCCCC1)N1CCOC2CCC1C2OCc1cccnc1.O=C(O)C(F)(F)F. The van der Waals surface area contributed by atoms with Gasteiger partial charge in [-0.3, -0.25) is 9.78 Å². The maximum absolute atomic E-state index is 13.1. The van der Waals surface area contributed by atoms with Crippen molar-refractivity contribution in [3.63, 3.8) is 0 Å². The van der Waals surface area contributed by atoms with Gasteiger partial charge in [0.25, 0.3) is 0 Å². The number of aliphatic carboxylic acids is 1. The van der Waals surface area contributed by atoms with Crippen LogP contribution in [0, 0.1) is 0 Å². The van der Waals surface area contributed by atoms with E-state index in [0.29, 0.717) is 19.8 Å². The molecule has 1 saturated heterocycles. The molecule has 2 bridgehead atoms. The Morgan fingerprint density at radius 1 is 1.28 bits per heavy atom. The van der Waals surface area contributed by atoms with Crippen LogP contribution in [0.5, 0.6) is 0 Å². The smallest absolute Gasteiger partial charge is 0.475 e. The maximum atomic E-state index is 13.1. The van der Waals surface area contributed by atoms with Crippen LogP contribution < -0.4 is 0 Å². The molecule has 10 heteroatoms. The number of fused-ring (bicyclic) bond motifs is 2. The number of carbonyl (C=O) groups excluding carboxylic acids is 1. The highest BCUT2D eigenvalue weighted by atomic mass is 19.4. The predicted molar refractivity (Wildman–Crippen MR) is 108 cm³/mol. The van der Waals surface area contributed by atoms with Gasteiger partial charge in [-0.25, -0.2) is 4.79 Å². The van der Waals surface area contributed by atoms with Crippen LogP contribution in [0.4, 0.5) is 13.2 Å². The minimum atomic E-state index is -5.08. The molecule has 1 aliphatic heterocycles. The summed E-state index contributed by atoms with van der Waals surface area (Å²) < 4.78 is 44.0. The summed E-state index contributed by atoms with van der Waals surface area (Å²) in [5.41, 5.74) is 2.04. The van der Waals surface area contributed by atoms with Crippen molar-refractivity contribution in [3.05, 3.63) is 41.7 Å². The highest BCUT2D eigenvalue weighted by Crippen LogP contribution is 2.34. The first-order valence-corrected chi connectivity index (χ1v) is 10.7. The average molecular weight is 456 g/mol. The van der Waals surface area contributed by atoms with Gasteiger partial charge in [-0.15, -0.1) is 0 Å². The van der Waals surface area contributed by atoms with Crippen LogP contribution in [-0.4, -0.2) is 64.4 Å². The fraction of sp³-hybridized carbons (Fsp3) is 0.591. The van der Waals surface area contributed by atoms with E-state index in [1.165, 1.54) is 6.42 Å². The minimum Gasteiger partial charge on any atom is -0.475 e. The fourth-order valence-electron chi connectivity index (χ4n) is 4.25. The number of pyridine rings is 1. The average Bonchev–Trinajstić information content (AvgIpc) is 3.08. The van der Waals surface area contributed by atoms with E-state index < -0.39 is 12.1 Å². The fourth-order valence-corrected chi connectivity index (χ4v) is 4.25. The van der Waals surface area contributed by atoms with E-state index in [-0.39, 0.29) is 24.2 Å².